The molecule has 0 heterocycles. The average molecular weight is 185 g/mol. The van der Waals surface area contributed by atoms with Crippen LogP contribution < -0.4 is 5.73 Å². The lowest BCUT2D eigenvalue weighted by molar-refractivity contribution is 0.287. The van der Waals surface area contributed by atoms with Gasteiger partial charge in [-0.1, -0.05) is 19.3 Å². The van der Waals surface area contributed by atoms with Gasteiger partial charge in [0.2, 0.25) is 0 Å². The molecular formula is C9H20BNO2. The lowest BCUT2D eigenvalue weighted by Gasteiger charge is -2.28. The summed E-state index contributed by atoms with van der Waals surface area (Å²) in [5.74, 6) is 0.618. The van der Waals surface area contributed by atoms with E-state index in [2.05, 4.69) is 0 Å². The van der Waals surface area contributed by atoms with E-state index in [0.717, 1.165) is 19.3 Å². The van der Waals surface area contributed by atoms with E-state index in [-0.39, 0.29) is 0 Å². The van der Waals surface area contributed by atoms with E-state index in [1.54, 1.807) is 0 Å². The summed E-state index contributed by atoms with van der Waals surface area (Å²) >= 11 is 0. The smallest absolute Gasteiger partial charge is 0.427 e. The zero-order valence-electron chi connectivity index (χ0n) is 8.15. The van der Waals surface area contributed by atoms with E-state index in [9.17, 15) is 0 Å². The van der Waals surface area contributed by atoms with E-state index in [1.165, 1.54) is 19.3 Å². The van der Waals surface area contributed by atoms with Crippen molar-refractivity contribution in [2.75, 3.05) is 0 Å². The Morgan fingerprint density at radius 2 is 1.92 bits per heavy atom. The minimum Gasteiger partial charge on any atom is -0.427 e. The zero-order valence-corrected chi connectivity index (χ0v) is 8.15. The van der Waals surface area contributed by atoms with E-state index in [1.807, 2.05) is 0 Å². The first-order valence-corrected chi connectivity index (χ1v) is 5.32. The molecule has 0 aromatic rings. The molecule has 0 radical (unpaired) electrons. The van der Waals surface area contributed by atoms with Crippen molar-refractivity contribution in [2.24, 2.45) is 11.7 Å². The molecule has 0 bridgehead atoms. The van der Waals surface area contributed by atoms with Gasteiger partial charge >= 0.3 is 7.12 Å². The van der Waals surface area contributed by atoms with E-state index in [0.29, 0.717) is 18.3 Å². The van der Waals surface area contributed by atoms with Crippen LogP contribution in [0.5, 0.6) is 0 Å². The third-order valence-electron chi connectivity index (χ3n) is 3.01. The second-order valence-electron chi connectivity index (χ2n) is 4.12. The maximum Gasteiger partial charge on any atom is 0.451 e. The Morgan fingerprint density at radius 1 is 1.23 bits per heavy atom. The van der Waals surface area contributed by atoms with Crippen molar-refractivity contribution in [2.45, 2.75) is 50.9 Å². The first kappa shape index (κ1) is 11.0. The second-order valence-corrected chi connectivity index (χ2v) is 4.12. The summed E-state index contributed by atoms with van der Waals surface area (Å²) in [6, 6.07) is 0.351. The Kier molecular flexibility index (Phi) is 4.77. The van der Waals surface area contributed by atoms with Gasteiger partial charge < -0.3 is 15.8 Å². The molecule has 3 nitrogen and oxygen atoms in total. The van der Waals surface area contributed by atoms with Crippen LogP contribution in [0.4, 0.5) is 0 Å². The standard InChI is InChI=1S/C9H20BNO2/c11-9-6-2-1-4-8(9)5-3-7-10(12)13/h8-9,12-13H,1-7,11H2. The van der Waals surface area contributed by atoms with Crippen molar-refractivity contribution in [3.05, 3.63) is 0 Å². The summed E-state index contributed by atoms with van der Waals surface area (Å²) in [7, 11) is -1.14. The van der Waals surface area contributed by atoms with Crippen molar-refractivity contribution in [1.82, 2.24) is 0 Å². The van der Waals surface area contributed by atoms with Gasteiger partial charge in [0.1, 0.15) is 0 Å². The number of hydrogen-bond donors (Lipinski definition) is 3. The Morgan fingerprint density at radius 3 is 2.54 bits per heavy atom. The fraction of sp³-hybridized carbons (Fsp3) is 1.00. The van der Waals surface area contributed by atoms with Gasteiger partial charge in [-0.3, -0.25) is 0 Å². The van der Waals surface area contributed by atoms with Crippen LogP contribution in [0.1, 0.15) is 38.5 Å². The lowest BCUT2D eigenvalue weighted by atomic mass is 9.77. The van der Waals surface area contributed by atoms with E-state index < -0.39 is 7.12 Å². The van der Waals surface area contributed by atoms with Crippen LogP contribution in [0.2, 0.25) is 6.32 Å². The molecule has 4 N–H and O–H groups in total. The molecule has 1 fully saturated rings. The summed E-state index contributed by atoms with van der Waals surface area (Å²) in [5, 5.41) is 17.3. The van der Waals surface area contributed by atoms with Gasteiger partial charge in [-0.05, 0) is 31.5 Å². The summed E-state index contributed by atoms with van der Waals surface area (Å²) in [6.45, 7) is 0. The summed E-state index contributed by atoms with van der Waals surface area (Å²) in [5.41, 5.74) is 5.97. The average Bonchev–Trinajstić information content (AvgIpc) is 2.08. The fourth-order valence-electron chi connectivity index (χ4n) is 2.16. The zero-order chi connectivity index (χ0) is 9.68. The van der Waals surface area contributed by atoms with Crippen LogP contribution in [0.3, 0.4) is 0 Å². The normalized spacial score (nSPS) is 28.8. The van der Waals surface area contributed by atoms with Crippen molar-refractivity contribution in [3.63, 3.8) is 0 Å². The van der Waals surface area contributed by atoms with Crippen molar-refractivity contribution in [1.29, 1.82) is 0 Å². The lowest BCUT2D eigenvalue weighted by Crippen LogP contribution is -2.33. The third-order valence-corrected chi connectivity index (χ3v) is 3.01. The fourth-order valence-corrected chi connectivity index (χ4v) is 2.16. The minimum atomic E-state index is -1.14. The van der Waals surface area contributed by atoms with Crippen LogP contribution in [0, 0.1) is 5.92 Å². The van der Waals surface area contributed by atoms with Gasteiger partial charge in [0.25, 0.3) is 0 Å². The topological polar surface area (TPSA) is 66.5 Å². The molecule has 76 valence electrons. The van der Waals surface area contributed by atoms with Crippen LogP contribution >= 0.6 is 0 Å². The van der Waals surface area contributed by atoms with Gasteiger partial charge in [0.15, 0.2) is 0 Å². The Hall–Kier alpha value is -0.0551. The molecule has 0 amide bonds. The van der Waals surface area contributed by atoms with Crippen LogP contribution in [0.25, 0.3) is 0 Å². The molecular weight excluding hydrogens is 165 g/mol. The molecule has 0 spiro atoms. The SMILES string of the molecule is NC1CCCCC1CCCB(O)O. The first-order valence-electron chi connectivity index (χ1n) is 5.32. The largest absolute Gasteiger partial charge is 0.451 e. The van der Waals surface area contributed by atoms with Gasteiger partial charge in [-0.2, -0.15) is 0 Å². The van der Waals surface area contributed by atoms with Crippen LogP contribution in [-0.2, 0) is 0 Å². The maximum atomic E-state index is 8.67. The monoisotopic (exact) mass is 185 g/mol. The van der Waals surface area contributed by atoms with Crippen molar-refractivity contribution in [3.8, 4) is 0 Å². The quantitative estimate of drug-likeness (QED) is 0.566. The highest BCUT2D eigenvalue weighted by Crippen LogP contribution is 2.27. The Balaban J connectivity index is 2.11. The van der Waals surface area contributed by atoms with Gasteiger partial charge in [-0.15, -0.1) is 0 Å². The van der Waals surface area contributed by atoms with Gasteiger partial charge in [-0.25, -0.2) is 0 Å². The van der Waals surface area contributed by atoms with Crippen molar-refractivity contribution < 1.29 is 10.0 Å². The Bertz CT molecular complexity index is 144. The minimum absolute atomic E-state index is 0.351. The summed E-state index contributed by atoms with van der Waals surface area (Å²) < 4.78 is 0. The third kappa shape index (κ3) is 4.11. The molecule has 0 aromatic carbocycles. The second kappa shape index (κ2) is 5.63. The molecule has 1 saturated carbocycles. The number of rotatable bonds is 4. The predicted molar refractivity (Wildman–Crippen MR) is 54.2 cm³/mol. The molecule has 0 saturated heterocycles. The molecule has 0 aliphatic heterocycles. The molecule has 1 rings (SSSR count). The predicted octanol–water partition coefficient (Wildman–Crippen LogP) is 0.757. The molecule has 0 aromatic heterocycles. The highest BCUT2D eigenvalue weighted by atomic mass is 16.4. The molecule has 4 heteroatoms. The molecule has 2 atom stereocenters. The summed E-state index contributed by atoms with van der Waals surface area (Å²) in [6.07, 6.45) is 7.35. The van der Waals surface area contributed by atoms with Crippen molar-refractivity contribution >= 4 is 7.12 Å². The highest BCUT2D eigenvalue weighted by molar-refractivity contribution is 6.40. The number of nitrogens with two attached hydrogens (primary N) is 1. The van der Waals surface area contributed by atoms with E-state index in [4.69, 9.17) is 15.8 Å². The number of hydrogen-bond acceptors (Lipinski definition) is 3. The van der Waals surface area contributed by atoms with Crippen LogP contribution in [-0.4, -0.2) is 23.2 Å². The molecule has 1 aliphatic rings. The maximum absolute atomic E-state index is 8.67. The molecule has 1 aliphatic carbocycles. The summed E-state index contributed by atoms with van der Waals surface area (Å²) in [4.78, 5) is 0. The van der Waals surface area contributed by atoms with Crippen LogP contribution in [0.15, 0.2) is 0 Å². The molecule has 2 unspecified atom stereocenters. The first-order chi connectivity index (χ1) is 6.20. The highest BCUT2D eigenvalue weighted by Gasteiger charge is 2.21. The Labute approximate surface area is 80.5 Å². The molecule has 13 heavy (non-hydrogen) atoms. The van der Waals surface area contributed by atoms with Gasteiger partial charge in [0.05, 0.1) is 0 Å². The van der Waals surface area contributed by atoms with Gasteiger partial charge in [0, 0.05) is 6.04 Å². The van der Waals surface area contributed by atoms with E-state index >= 15 is 0 Å².